The number of carbonyl (C=O) groups excluding carboxylic acids is 1. The second kappa shape index (κ2) is 6.18. The molecule has 1 N–H and O–H groups in total. The van der Waals surface area contributed by atoms with E-state index in [4.69, 9.17) is 5.26 Å². The number of thiophene rings is 1. The van der Waals surface area contributed by atoms with Crippen LogP contribution in [0.1, 0.15) is 15.9 Å². The molecule has 0 radical (unpaired) electrons. The number of hydrogen-bond acceptors (Lipinski definition) is 3. The Balaban J connectivity index is 2.25. The highest BCUT2D eigenvalue weighted by atomic mass is 79.9. The molecule has 1 aromatic carbocycles. The van der Waals surface area contributed by atoms with E-state index < -0.39 is 0 Å². The van der Waals surface area contributed by atoms with Gasteiger partial charge in [-0.1, -0.05) is 0 Å². The van der Waals surface area contributed by atoms with E-state index >= 15 is 0 Å². The van der Waals surface area contributed by atoms with Crippen molar-refractivity contribution < 1.29 is 4.79 Å². The lowest BCUT2D eigenvalue weighted by atomic mass is 10.2. The van der Waals surface area contributed by atoms with Gasteiger partial charge in [0.25, 0.3) is 5.91 Å². The van der Waals surface area contributed by atoms with Crippen molar-refractivity contribution in [2.75, 3.05) is 5.32 Å². The third kappa shape index (κ3) is 3.45. The Morgan fingerprint density at radius 1 is 1.26 bits per heavy atom. The summed E-state index contributed by atoms with van der Waals surface area (Å²) in [5.74, 6) is -0.209. The Hall–Kier alpha value is -0.680. The molecule has 3 nitrogen and oxygen atoms in total. The van der Waals surface area contributed by atoms with Crippen molar-refractivity contribution >= 4 is 70.7 Å². The Kier molecular flexibility index (Phi) is 4.79. The summed E-state index contributed by atoms with van der Waals surface area (Å²) in [5.41, 5.74) is 1.72. The number of nitrogens with zero attached hydrogens (tertiary/aromatic N) is 1. The number of benzene rings is 1. The lowest BCUT2D eigenvalue weighted by molar-refractivity contribution is 0.102. The maximum Gasteiger partial charge on any atom is 0.257 e. The second-order valence-corrected chi connectivity index (χ2v) is 8.10. The van der Waals surface area contributed by atoms with Crippen LogP contribution >= 0.6 is 59.1 Å². The van der Waals surface area contributed by atoms with E-state index in [2.05, 4.69) is 53.1 Å². The SMILES string of the molecule is N#Cc1ccc(NC(=O)c2cc(Br)sc2Br)c(Br)c1. The number of nitrogens with one attached hydrogen (secondary N) is 1. The van der Waals surface area contributed by atoms with E-state index in [1.807, 2.05) is 6.07 Å². The van der Waals surface area contributed by atoms with Gasteiger partial charge in [0.15, 0.2) is 0 Å². The van der Waals surface area contributed by atoms with Gasteiger partial charge in [0.2, 0.25) is 0 Å². The first kappa shape index (κ1) is 14.7. The molecule has 0 aliphatic carbocycles. The zero-order valence-electron chi connectivity index (χ0n) is 9.21. The maximum atomic E-state index is 12.1. The molecule has 0 saturated heterocycles. The zero-order chi connectivity index (χ0) is 14.0. The summed E-state index contributed by atoms with van der Waals surface area (Å²) in [5, 5.41) is 11.6. The fraction of sp³-hybridized carbons (Fsp3) is 0. The topological polar surface area (TPSA) is 52.9 Å². The number of hydrogen-bond donors (Lipinski definition) is 1. The highest BCUT2D eigenvalue weighted by Gasteiger charge is 2.15. The molecule has 0 aliphatic heterocycles. The van der Waals surface area contributed by atoms with Crippen molar-refractivity contribution in [1.82, 2.24) is 0 Å². The minimum Gasteiger partial charge on any atom is -0.321 e. The van der Waals surface area contributed by atoms with Crippen LogP contribution in [0.2, 0.25) is 0 Å². The van der Waals surface area contributed by atoms with E-state index in [1.54, 1.807) is 24.3 Å². The maximum absolute atomic E-state index is 12.1. The summed E-state index contributed by atoms with van der Waals surface area (Å²) in [6, 6.07) is 8.79. The van der Waals surface area contributed by atoms with E-state index in [0.717, 1.165) is 7.57 Å². The number of nitriles is 1. The number of anilines is 1. The number of carbonyl (C=O) groups is 1. The Labute approximate surface area is 139 Å². The molecule has 1 aromatic heterocycles. The van der Waals surface area contributed by atoms with E-state index in [9.17, 15) is 4.79 Å². The van der Waals surface area contributed by atoms with Crippen molar-refractivity contribution in [3.63, 3.8) is 0 Å². The molecule has 0 saturated carbocycles. The fourth-order valence-electron chi connectivity index (χ4n) is 1.37. The molecular formula is C12H5Br3N2OS. The summed E-state index contributed by atoms with van der Waals surface area (Å²) < 4.78 is 2.32. The highest BCUT2D eigenvalue weighted by molar-refractivity contribution is 9.12. The molecule has 0 aliphatic rings. The van der Waals surface area contributed by atoms with Crippen molar-refractivity contribution in [3.8, 4) is 6.07 Å². The van der Waals surface area contributed by atoms with Crippen LogP contribution in [0.15, 0.2) is 36.3 Å². The molecule has 0 atom stereocenters. The molecule has 19 heavy (non-hydrogen) atoms. The first-order valence-corrected chi connectivity index (χ1v) is 8.16. The van der Waals surface area contributed by atoms with E-state index in [1.165, 1.54) is 11.3 Å². The number of amides is 1. The molecule has 96 valence electrons. The summed E-state index contributed by atoms with van der Waals surface area (Å²) in [4.78, 5) is 12.1. The van der Waals surface area contributed by atoms with Gasteiger partial charge in [-0.3, -0.25) is 4.79 Å². The lowest BCUT2D eigenvalue weighted by Crippen LogP contribution is -2.11. The third-order valence-corrected chi connectivity index (χ3v) is 5.24. The Morgan fingerprint density at radius 3 is 2.53 bits per heavy atom. The van der Waals surface area contributed by atoms with Crippen LogP contribution in [-0.4, -0.2) is 5.91 Å². The molecule has 1 heterocycles. The standard InChI is InChI=1S/C12H5Br3N2OS/c13-8-3-6(5-16)1-2-9(8)17-12(18)7-4-10(14)19-11(7)15/h1-4H,(H,17,18). The van der Waals surface area contributed by atoms with Crippen LogP contribution in [0.5, 0.6) is 0 Å². The Morgan fingerprint density at radius 2 is 2.00 bits per heavy atom. The highest BCUT2D eigenvalue weighted by Crippen LogP contribution is 2.33. The lowest BCUT2D eigenvalue weighted by Gasteiger charge is -2.06. The second-order valence-electron chi connectivity index (χ2n) is 3.50. The van der Waals surface area contributed by atoms with Gasteiger partial charge in [-0.15, -0.1) is 11.3 Å². The average Bonchev–Trinajstić information content (AvgIpc) is 2.71. The van der Waals surface area contributed by atoms with Crippen molar-refractivity contribution in [1.29, 1.82) is 5.26 Å². The van der Waals surface area contributed by atoms with Crippen LogP contribution in [0.3, 0.4) is 0 Å². The monoisotopic (exact) mass is 462 g/mol. The third-order valence-electron chi connectivity index (χ3n) is 2.25. The van der Waals surface area contributed by atoms with Crippen molar-refractivity contribution in [2.24, 2.45) is 0 Å². The predicted molar refractivity (Wildman–Crippen MR) is 86.5 cm³/mol. The quantitative estimate of drug-likeness (QED) is 0.667. The van der Waals surface area contributed by atoms with Crippen molar-refractivity contribution in [2.45, 2.75) is 0 Å². The predicted octanol–water partition coefficient (Wildman–Crippen LogP) is 5.16. The van der Waals surface area contributed by atoms with Gasteiger partial charge < -0.3 is 5.32 Å². The minimum atomic E-state index is -0.209. The van der Waals surface area contributed by atoms with E-state index in [0.29, 0.717) is 21.3 Å². The molecule has 2 rings (SSSR count). The van der Waals surface area contributed by atoms with Gasteiger partial charge >= 0.3 is 0 Å². The van der Waals surface area contributed by atoms with Crippen LogP contribution in [0, 0.1) is 11.3 Å². The molecule has 7 heteroatoms. The van der Waals surface area contributed by atoms with Crippen LogP contribution in [0.25, 0.3) is 0 Å². The number of rotatable bonds is 2. The molecule has 0 bridgehead atoms. The van der Waals surface area contributed by atoms with Crippen LogP contribution in [-0.2, 0) is 0 Å². The summed E-state index contributed by atoms with van der Waals surface area (Å²) in [6.45, 7) is 0. The van der Waals surface area contributed by atoms with Crippen LogP contribution in [0.4, 0.5) is 5.69 Å². The van der Waals surface area contributed by atoms with Gasteiger partial charge in [-0.25, -0.2) is 0 Å². The molecule has 0 spiro atoms. The molecule has 0 unspecified atom stereocenters. The van der Waals surface area contributed by atoms with Gasteiger partial charge in [-0.2, -0.15) is 5.26 Å². The zero-order valence-corrected chi connectivity index (χ0v) is 14.8. The first-order chi connectivity index (χ1) is 9.01. The Bertz CT molecular complexity index is 691. The van der Waals surface area contributed by atoms with Crippen molar-refractivity contribution in [3.05, 3.63) is 47.4 Å². The minimum absolute atomic E-state index is 0.209. The van der Waals surface area contributed by atoms with Gasteiger partial charge in [-0.05, 0) is 72.1 Å². The van der Waals surface area contributed by atoms with Crippen LogP contribution < -0.4 is 5.32 Å². The summed E-state index contributed by atoms with van der Waals surface area (Å²) in [6.07, 6.45) is 0. The van der Waals surface area contributed by atoms with E-state index in [-0.39, 0.29) is 5.91 Å². The summed E-state index contributed by atoms with van der Waals surface area (Å²) >= 11 is 11.4. The largest absolute Gasteiger partial charge is 0.321 e. The summed E-state index contributed by atoms with van der Waals surface area (Å²) in [7, 11) is 0. The fourth-order valence-corrected chi connectivity index (χ4v) is 4.64. The molecule has 2 aromatic rings. The normalized spacial score (nSPS) is 10.0. The molecule has 0 fully saturated rings. The average molecular weight is 465 g/mol. The molecule has 1 amide bonds. The van der Waals surface area contributed by atoms with Gasteiger partial charge in [0.05, 0.1) is 30.5 Å². The van der Waals surface area contributed by atoms with Gasteiger partial charge in [0.1, 0.15) is 0 Å². The first-order valence-electron chi connectivity index (χ1n) is 4.97. The molecular weight excluding hydrogens is 460 g/mol. The smallest absolute Gasteiger partial charge is 0.257 e. The van der Waals surface area contributed by atoms with Gasteiger partial charge in [0, 0.05) is 4.47 Å². The number of halogens is 3.